The Morgan fingerprint density at radius 3 is 2.13 bits per heavy atom. The fourth-order valence-corrected chi connectivity index (χ4v) is 5.49. The summed E-state index contributed by atoms with van der Waals surface area (Å²) < 4.78 is 5.14. The molecule has 1 saturated heterocycles. The number of nitrogens with zero attached hydrogens (tertiary/aromatic N) is 1. The van der Waals surface area contributed by atoms with E-state index in [2.05, 4.69) is 17.5 Å². The molecule has 3 fully saturated rings. The van der Waals surface area contributed by atoms with Crippen LogP contribution in [0.15, 0.2) is 36.4 Å². The summed E-state index contributed by atoms with van der Waals surface area (Å²) in [6.07, 6.45) is 5.12. The molecule has 6 atom stereocenters. The molecule has 0 unspecified atom stereocenters. The monoisotopic (exact) mass is 408 g/mol. The minimum atomic E-state index is -0.432. The number of hydrogen-bond acceptors (Lipinski definition) is 5. The number of carbonyl (C=O) groups is 4. The lowest BCUT2D eigenvalue weighted by atomic mass is 9.63. The van der Waals surface area contributed by atoms with Crippen LogP contribution in [0.3, 0.4) is 0 Å². The van der Waals surface area contributed by atoms with Gasteiger partial charge >= 0.3 is 5.97 Å². The second kappa shape index (κ2) is 6.79. The Kier molecular flexibility index (Phi) is 4.31. The maximum Gasteiger partial charge on any atom is 0.338 e. The molecule has 2 bridgehead atoms. The fraction of sp³-hybridized carbons (Fsp3) is 0.478. The van der Waals surface area contributed by atoms with Crippen LogP contribution in [-0.2, 0) is 19.1 Å². The average Bonchev–Trinajstić information content (AvgIpc) is 3.49. The van der Waals surface area contributed by atoms with E-state index in [0.717, 1.165) is 11.3 Å². The van der Waals surface area contributed by atoms with E-state index in [4.69, 9.17) is 4.74 Å². The fourth-order valence-electron chi connectivity index (χ4n) is 5.49. The molecule has 1 aromatic carbocycles. The molecular weight excluding hydrogens is 384 g/mol. The van der Waals surface area contributed by atoms with Crippen LogP contribution in [0.2, 0.25) is 0 Å². The summed E-state index contributed by atoms with van der Waals surface area (Å²) in [4.78, 5) is 51.4. The number of amides is 3. The van der Waals surface area contributed by atoms with Crippen LogP contribution in [0, 0.1) is 35.5 Å². The molecule has 1 aliphatic heterocycles. The van der Waals surface area contributed by atoms with Crippen molar-refractivity contribution in [3.8, 4) is 0 Å². The number of hydrogen-bond donors (Lipinski definition) is 1. The lowest BCUT2D eigenvalue weighted by Crippen LogP contribution is -2.40. The third-order valence-corrected chi connectivity index (χ3v) is 6.80. The summed E-state index contributed by atoms with van der Waals surface area (Å²) in [5.74, 6) is -0.516. The first-order chi connectivity index (χ1) is 14.3. The summed E-state index contributed by atoms with van der Waals surface area (Å²) in [6, 6.07) is 6.33. The first kappa shape index (κ1) is 19.0. The summed E-state index contributed by atoms with van der Waals surface area (Å²) >= 11 is 0. The number of likely N-dealkylation sites (tertiary alicyclic amines) is 1. The Morgan fingerprint density at radius 1 is 1.03 bits per heavy atom. The van der Waals surface area contributed by atoms with Crippen LogP contribution < -0.4 is 5.32 Å². The van der Waals surface area contributed by atoms with Crippen molar-refractivity contribution >= 4 is 29.4 Å². The van der Waals surface area contributed by atoms with Gasteiger partial charge in [-0.2, -0.15) is 0 Å². The zero-order valence-electron chi connectivity index (χ0n) is 16.9. The van der Waals surface area contributed by atoms with E-state index in [9.17, 15) is 19.2 Å². The largest absolute Gasteiger partial charge is 0.459 e. The summed E-state index contributed by atoms with van der Waals surface area (Å²) in [5, 5.41) is 2.70. The summed E-state index contributed by atoms with van der Waals surface area (Å²) in [5.41, 5.74) is 0.873. The second-order valence-corrected chi connectivity index (χ2v) is 9.00. The van der Waals surface area contributed by atoms with Crippen molar-refractivity contribution in [2.24, 2.45) is 35.5 Å². The van der Waals surface area contributed by atoms with Gasteiger partial charge < -0.3 is 10.1 Å². The number of nitrogens with one attached hydrogen (secondary N) is 1. The molecule has 7 heteroatoms. The van der Waals surface area contributed by atoms with Gasteiger partial charge in [-0.15, -0.1) is 0 Å². The highest BCUT2D eigenvalue weighted by molar-refractivity contribution is 6.09. The number of rotatable bonds is 5. The molecule has 4 aliphatic carbocycles. The Hall–Kier alpha value is -2.96. The van der Waals surface area contributed by atoms with E-state index in [1.54, 1.807) is 38.1 Å². The second-order valence-electron chi connectivity index (χ2n) is 9.00. The van der Waals surface area contributed by atoms with Gasteiger partial charge in [-0.25, -0.2) is 4.79 Å². The van der Waals surface area contributed by atoms with Crippen molar-refractivity contribution in [2.45, 2.75) is 26.4 Å². The lowest BCUT2D eigenvalue weighted by molar-refractivity contribution is -0.142. The minimum absolute atomic E-state index is 0.146. The predicted octanol–water partition coefficient (Wildman–Crippen LogP) is 2.24. The zero-order valence-corrected chi connectivity index (χ0v) is 16.9. The van der Waals surface area contributed by atoms with Gasteiger partial charge in [0.05, 0.1) is 23.5 Å². The average molecular weight is 408 g/mol. The van der Waals surface area contributed by atoms with Gasteiger partial charge in [0, 0.05) is 5.69 Å². The highest BCUT2D eigenvalue weighted by atomic mass is 16.5. The van der Waals surface area contributed by atoms with Gasteiger partial charge in [0.15, 0.2) is 0 Å². The predicted molar refractivity (Wildman–Crippen MR) is 107 cm³/mol. The summed E-state index contributed by atoms with van der Waals surface area (Å²) in [7, 11) is 0. The molecule has 1 heterocycles. The lowest BCUT2D eigenvalue weighted by Gasteiger charge is -2.37. The molecule has 7 nitrogen and oxygen atoms in total. The number of esters is 1. The smallest absolute Gasteiger partial charge is 0.338 e. The van der Waals surface area contributed by atoms with Crippen molar-refractivity contribution in [3.05, 3.63) is 42.0 Å². The Bertz CT molecular complexity index is 930. The van der Waals surface area contributed by atoms with Gasteiger partial charge in [-0.1, -0.05) is 12.2 Å². The maximum absolute atomic E-state index is 12.9. The standard InChI is InChI=1S/C23H24N2O5/c1-11(2)30-23(29)12-3-5-13(6-4-12)24-18(26)10-25-21(27)19-14-7-8-15(17-9-16(14)17)20(19)22(25)28/h3-8,11,14-17,19-20H,9-10H2,1-2H3,(H,24,26)/t14-,15-,16-,17-,19-,20+/m0/s1. The SMILES string of the molecule is CC(C)OC(=O)c1ccc(NC(=O)CN2C(=O)[C@@H]3[C@H]4C=C[C@@H]([C@@H]5C[C@@H]45)[C@@H]3C2=O)cc1. The number of imide groups is 1. The number of benzene rings is 1. The van der Waals surface area contributed by atoms with Crippen LogP contribution in [0.1, 0.15) is 30.6 Å². The number of allylic oxidation sites excluding steroid dienone is 2. The van der Waals surface area contributed by atoms with Crippen molar-refractivity contribution in [2.75, 3.05) is 11.9 Å². The normalized spacial score (nSPS) is 32.8. The van der Waals surface area contributed by atoms with Crippen LogP contribution in [0.4, 0.5) is 5.69 Å². The third kappa shape index (κ3) is 2.95. The molecule has 2 saturated carbocycles. The molecule has 5 aliphatic rings. The highest BCUT2D eigenvalue weighted by Crippen LogP contribution is 2.65. The van der Waals surface area contributed by atoms with E-state index in [0.29, 0.717) is 23.1 Å². The van der Waals surface area contributed by atoms with E-state index >= 15 is 0 Å². The molecule has 0 aromatic heterocycles. The van der Waals surface area contributed by atoms with Crippen LogP contribution in [0.25, 0.3) is 0 Å². The highest BCUT2D eigenvalue weighted by Gasteiger charge is 2.67. The minimum Gasteiger partial charge on any atom is -0.459 e. The van der Waals surface area contributed by atoms with E-state index in [1.807, 2.05) is 0 Å². The molecule has 3 amide bonds. The Balaban J connectivity index is 1.23. The quantitative estimate of drug-likeness (QED) is 0.458. The zero-order chi connectivity index (χ0) is 21.2. The topological polar surface area (TPSA) is 92.8 Å². The van der Waals surface area contributed by atoms with Crippen molar-refractivity contribution in [1.29, 1.82) is 0 Å². The Labute approximate surface area is 174 Å². The molecule has 0 radical (unpaired) electrons. The first-order valence-electron chi connectivity index (χ1n) is 10.5. The molecule has 0 spiro atoms. The molecule has 6 rings (SSSR count). The van der Waals surface area contributed by atoms with Crippen LogP contribution >= 0.6 is 0 Å². The first-order valence-corrected chi connectivity index (χ1v) is 10.5. The van der Waals surface area contributed by atoms with Gasteiger partial charge in [0.1, 0.15) is 6.54 Å². The number of carbonyl (C=O) groups excluding carboxylic acids is 4. The molecule has 1 aromatic rings. The van der Waals surface area contributed by atoms with Gasteiger partial charge in [-0.3, -0.25) is 19.3 Å². The maximum atomic E-state index is 12.9. The number of anilines is 1. The van der Waals surface area contributed by atoms with Gasteiger partial charge in [0.25, 0.3) is 0 Å². The Morgan fingerprint density at radius 2 is 1.60 bits per heavy atom. The number of ether oxygens (including phenoxy) is 1. The van der Waals surface area contributed by atoms with Crippen molar-refractivity contribution in [1.82, 2.24) is 4.90 Å². The van der Waals surface area contributed by atoms with Gasteiger partial charge in [-0.05, 0) is 68.2 Å². The third-order valence-electron chi connectivity index (χ3n) is 6.80. The van der Waals surface area contributed by atoms with Crippen LogP contribution in [-0.4, -0.2) is 41.2 Å². The van der Waals surface area contributed by atoms with Crippen molar-refractivity contribution in [3.63, 3.8) is 0 Å². The summed E-state index contributed by atoms with van der Waals surface area (Å²) in [6.45, 7) is 3.26. The van der Waals surface area contributed by atoms with Crippen molar-refractivity contribution < 1.29 is 23.9 Å². The van der Waals surface area contributed by atoms with E-state index < -0.39 is 11.9 Å². The van der Waals surface area contributed by atoms with Gasteiger partial charge in [0.2, 0.25) is 17.7 Å². The molecular formula is C23H24N2O5. The van der Waals surface area contributed by atoms with Crippen LogP contribution in [0.5, 0.6) is 0 Å². The van der Waals surface area contributed by atoms with E-state index in [-0.39, 0.29) is 48.1 Å². The van der Waals surface area contributed by atoms with E-state index in [1.165, 1.54) is 0 Å². The molecule has 156 valence electrons. The molecule has 1 N–H and O–H groups in total. The molecule has 30 heavy (non-hydrogen) atoms.